The van der Waals surface area contributed by atoms with Gasteiger partial charge in [0.15, 0.2) is 0 Å². The molecule has 6 heteroatoms. The Kier molecular flexibility index (Phi) is 5.59. The van der Waals surface area contributed by atoms with E-state index < -0.39 is 0 Å². The standard InChI is InChI=1S/C19H24Cl2N2O2/c1-12(16-6-5-15(20)11-17(16)21)22(2)18(24)14-7-9-23(10-8-14)19(25)13-3-4-13/h5-6,11-14H,3-4,7-10H2,1-2H3. The maximum absolute atomic E-state index is 12.9. The van der Waals surface area contributed by atoms with Crippen molar-refractivity contribution in [3.05, 3.63) is 33.8 Å². The van der Waals surface area contributed by atoms with Gasteiger partial charge in [0.25, 0.3) is 0 Å². The Morgan fingerprint density at radius 3 is 2.32 bits per heavy atom. The van der Waals surface area contributed by atoms with Crippen LogP contribution in [0.3, 0.4) is 0 Å². The predicted molar refractivity (Wildman–Crippen MR) is 99.7 cm³/mol. The average molecular weight is 383 g/mol. The Morgan fingerprint density at radius 1 is 1.12 bits per heavy atom. The molecular weight excluding hydrogens is 359 g/mol. The number of carbonyl (C=O) groups excluding carboxylic acids is 2. The summed E-state index contributed by atoms with van der Waals surface area (Å²) >= 11 is 12.2. The highest BCUT2D eigenvalue weighted by Gasteiger charge is 2.36. The van der Waals surface area contributed by atoms with Gasteiger partial charge in [0.1, 0.15) is 0 Å². The van der Waals surface area contributed by atoms with Crippen LogP contribution >= 0.6 is 23.2 Å². The lowest BCUT2D eigenvalue weighted by Crippen LogP contribution is -2.44. The number of hydrogen-bond acceptors (Lipinski definition) is 2. The van der Waals surface area contributed by atoms with Crippen LogP contribution in [0.15, 0.2) is 18.2 Å². The number of benzene rings is 1. The molecular formula is C19H24Cl2N2O2. The SMILES string of the molecule is CC(c1ccc(Cl)cc1Cl)N(C)C(=O)C1CCN(C(=O)C2CC2)CC1. The quantitative estimate of drug-likeness (QED) is 0.783. The van der Waals surface area contributed by atoms with Crippen molar-refractivity contribution >= 4 is 35.0 Å². The fourth-order valence-corrected chi connectivity index (χ4v) is 4.03. The monoisotopic (exact) mass is 382 g/mol. The summed E-state index contributed by atoms with van der Waals surface area (Å²) in [6, 6.07) is 5.24. The molecule has 0 bridgehead atoms. The van der Waals surface area contributed by atoms with Gasteiger partial charge in [-0.15, -0.1) is 0 Å². The molecule has 1 aliphatic heterocycles. The number of rotatable bonds is 4. The molecule has 0 radical (unpaired) electrons. The van der Waals surface area contributed by atoms with Gasteiger partial charge in [-0.05, 0) is 50.3 Å². The zero-order valence-corrected chi connectivity index (χ0v) is 16.2. The summed E-state index contributed by atoms with van der Waals surface area (Å²) in [5.41, 5.74) is 0.892. The number of piperidine rings is 1. The molecule has 3 rings (SSSR count). The summed E-state index contributed by atoms with van der Waals surface area (Å²) in [5, 5.41) is 1.16. The lowest BCUT2D eigenvalue weighted by atomic mass is 9.94. The molecule has 1 aromatic rings. The van der Waals surface area contributed by atoms with Gasteiger partial charge in [-0.2, -0.15) is 0 Å². The highest BCUT2D eigenvalue weighted by molar-refractivity contribution is 6.35. The van der Waals surface area contributed by atoms with Gasteiger partial charge in [0, 0.05) is 42.0 Å². The minimum absolute atomic E-state index is 0.0261. The van der Waals surface area contributed by atoms with Crippen molar-refractivity contribution in [3.63, 3.8) is 0 Å². The Bertz CT molecular complexity index is 667. The van der Waals surface area contributed by atoms with E-state index in [1.165, 1.54) is 0 Å². The van der Waals surface area contributed by atoms with Crippen molar-refractivity contribution in [1.29, 1.82) is 0 Å². The molecule has 1 aromatic carbocycles. The van der Waals surface area contributed by atoms with Crippen molar-refractivity contribution in [2.75, 3.05) is 20.1 Å². The van der Waals surface area contributed by atoms with Crippen LogP contribution in [-0.4, -0.2) is 41.8 Å². The third kappa shape index (κ3) is 4.12. The number of halogens is 2. The zero-order valence-electron chi connectivity index (χ0n) is 14.7. The molecule has 136 valence electrons. The third-order valence-electron chi connectivity index (χ3n) is 5.42. The summed E-state index contributed by atoms with van der Waals surface area (Å²) in [6.07, 6.45) is 3.53. The summed E-state index contributed by atoms with van der Waals surface area (Å²) in [5.74, 6) is 0.626. The highest BCUT2D eigenvalue weighted by atomic mass is 35.5. The van der Waals surface area contributed by atoms with E-state index >= 15 is 0 Å². The molecule has 0 spiro atoms. The smallest absolute Gasteiger partial charge is 0.226 e. The van der Waals surface area contributed by atoms with E-state index in [4.69, 9.17) is 23.2 Å². The topological polar surface area (TPSA) is 40.6 Å². The molecule has 0 aromatic heterocycles. The molecule has 2 aliphatic rings. The van der Waals surface area contributed by atoms with Gasteiger partial charge in [0.2, 0.25) is 11.8 Å². The predicted octanol–water partition coefficient (Wildman–Crippen LogP) is 4.16. The minimum atomic E-state index is -0.122. The van der Waals surface area contributed by atoms with E-state index in [-0.39, 0.29) is 29.7 Å². The fourth-order valence-electron chi connectivity index (χ4n) is 3.46. The van der Waals surface area contributed by atoms with E-state index in [9.17, 15) is 9.59 Å². The van der Waals surface area contributed by atoms with Gasteiger partial charge < -0.3 is 9.80 Å². The number of carbonyl (C=O) groups is 2. The first-order chi connectivity index (χ1) is 11.9. The molecule has 1 heterocycles. The molecule has 4 nitrogen and oxygen atoms in total. The van der Waals surface area contributed by atoms with Crippen LogP contribution in [0, 0.1) is 11.8 Å². The second kappa shape index (κ2) is 7.55. The maximum Gasteiger partial charge on any atom is 0.226 e. The molecule has 0 N–H and O–H groups in total. The van der Waals surface area contributed by atoms with Crippen LogP contribution < -0.4 is 0 Å². The first-order valence-electron chi connectivity index (χ1n) is 8.89. The lowest BCUT2D eigenvalue weighted by molar-refractivity contribution is -0.141. The van der Waals surface area contributed by atoms with E-state index in [1.54, 1.807) is 17.0 Å². The van der Waals surface area contributed by atoms with Gasteiger partial charge in [-0.3, -0.25) is 9.59 Å². The number of likely N-dealkylation sites (tertiary alicyclic amines) is 1. The number of hydrogen-bond donors (Lipinski definition) is 0. The van der Waals surface area contributed by atoms with Gasteiger partial charge in [-0.1, -0.05) is 29.3 Å². The number of nitrogens with zero attached hydrogens (tertiary/aromatic N) is 2. The molecule has 25 heavy (non-hydrogen) atoms. The summed E-state index contributed by atoms with van der Waals surface area (Å²) in [4.78, 5) is 28.7. The van der Waals surface area contributed by atoms with Crippen LogP contribution in [0.5, 0.6) is 0 Å². The third-order valence-corrected chi connectivity index (χ3v) is 5.99. The Hall–Kier alpha value is -1.26. The van der Waals surface area contributed by atoms with E-state index in [2.05, 4.69) is 0 Å². The van der Waals surface area contributed by atoms with Gasteiger partial charge >= 0.3 is 0 Å². The summed E-state index contributed by atoms with van der Waals surface area (Å²) in [7, 11) is 1.82. The summed E-state index contributed by atoms with van der Waals surface area (Å²) < 4.78 is 0. The second-order valence-corrected chi connectivity index (χ2v) is 8.01. The van der Waals surface area contributed by atoms with Crippen molar-refractivity contribution in [1.82, 2.24) is 9.80 Å². The maximum atomic E-state index is 12.9. The van der Waals surface area contributed by atoms with Crippen LogP contribution in [0.2, 0.25) is 10.0 Å². The largest absolute Gasteiger partial charge is 0.342 e. The molecule has 1 saturated carbocycles. The summed E-state index contributed by atoms with van der Waals surface area (Å²) in [6.45, 7) is 3.35. The van der Waals surface area contributed by atoms with Crippen LogP contribution in [0.25, 0.3) is 0 Å². The van der Waals surface area contributed by atoms with Crippen LogP contribution in [0.1, 0.15) is 44.2 Å². The van der Waals surface area contributed by atoms with Crippen LogP contribution in [0.4, 0.5) is 0 Å². The minimum Gasteiger partial charge on any atom is -0.342 e. The normalized spacial score (nSPS) is 19.6. The van der Waals surface area contributed by atoms with Crippen molar-refractivity contribution in [2.24, 2.45) is 11.8 Å². The van der Waals surface area contributed by atoms with Crippen molar-refractivity contribution in [3.8, 4) is 0 Å². The lowest BCUT2D eigenvalue weighted by Gasteiger charge is -2.35. The van der Waals surface area contributed by atoms with Gasteiger partial charge in [0.05, 0.1) is 6.04 Å². The molecule has 1 aliphatic carbocycles. The van der Waals surface area contributed by atoms with E-state index in [0.29, 0.717) is 23.1 Å². The van der Waals surface area contributed by atoms with Gasteiger partial charge in [-0.25, -0.2) is 0 Å². The molecule has 2 fully saturated rings. The average Bonchev–Trinajstić information content (AvgIpc) is 3.44. The molecule has 1 saturated heterocycles. The Morgan fingerprint density at radius 2 is 1.76 bits per heavy atom. The Labute approximate surface area is 159 Å². The van der Waals surface area contributed by atoms with E-state index in [1.807, 2.05) is 24.9 Å². The fraction of sp³-hybridized carbons (Fsp3) is 0.579. The van der Waals surface area contributed by atoms with E-state index in [0.717, 1.165) is 31.2 Å². The van der Waals surface area contributed by atoms with Crippen molar-refractivity contribution in [2.45, 2.75) is 38.6 Å². The molecule has 1 unspecified atom stereocenters. The molecule has 2 amide bonds. The second-order valence-electron chi connectivity index (χ2n) is 7.16. The van der Waals surface area contributed by atoms with Crippen LogP contribution in [-0.2, 0) is 9.59 Å². The van der Waals surface area contributed by atoms with Crippen molar-refractivity contribution < 1.29 is 9.59 Å². The Balaban J connectivity index is 1.59. The molecule has 1 atom stereocenters. The first kappa shape index (κ1) is 18.5. The zero-order chi connectivity index (χ0) is 18.1. The first-order valence-corrected chi connectivity index (χ1v) is 9.64. The highest BCUT2D eigenvalue weighted by Crippen LogP contribution is 2.34. The number of amides is 2.